The number of rotatable bonds is 7. The number of para-hydroxylation sites is 1. The van der Waals surface area contributed by atoms with Crippen molar-refractivity contribution >= 4 is 42.4 Å². The van der Waals surface area contributed by atoms with Crippen molar-refractivity contribution in [1.29, 1.82) is 0 Å². The highest BCUT2D eigenvalue weighted by atomic mass is 32.2. The van der Waals surface area contributed by atoms with Crippen LogP contribution in [0.4, 0.5) is 5.13 Å². The fourth-order valence-electron chi connectivity index (χ4n) is 3.94. The minimum atomic E-state index is -3.44. The molecule has 0 radical (unpaired) electrons. The summed E-state index contributed by atoms with van der Waals surface area (Å²) in [5.74, 6) is 0.00104. The predicted molar refractivity (Wildman–Crippen MR) is 137 cm³/mol. The Labute approximate surface area is 204 Å². The number of fused-ring (bicyclic) bond motifs is 1. The highest BCUT2D eigenvalue weighted by Crippen LogP contribution is 2.34. The number of carbonyl (C=O) groups excluding carboxylic acids is 1. The molecule has 0 saturated carbocycles. The van der Waals surface area contributed by atoms with E-state index in [1.165, 1.54) is 23.5 Å². The van der Waals surface area contributed by atoms with Gasteiger partial charge in [-0.25, -0.2) is 13.4 Å². The predicted octanol–water partition coefficient (Wildman–Crippen LogP) is 4.98. The van der Waals surface area contributed by atoms with Gasteiger partial charge < -0.3 is 0 Å². The van der Waals surface area contributed by atoms with Gasteiger partial charge in [0.05, 0.1) is 27.4 Å². The maximum absolute atomic E-state index is 13.7. The molecule has 2 aromatic carbocycles. The second kappa shape index (κ2) is 9.31. The van der Waals surface area contributed by atoms with Crippen LogP contribution in [0.2, 0.25) is 0 Å². The number of thiazole rings is 1. The number of sulfone groups is 1. The van der Waals surface area contributed by atoms with Gasteiger partial charge in [0.15, 0.2) is 15.0 Å². The van der Waals surface area contributed by atoms with Gasteiger partial charge in [-0.05, 0) is 55.7 Å². The van der Waals surface area contributed by atoms with Gasteiger partial charge in [-0.2, -0.15) is 5.10 Å². The molecular formula is C25H28N4O3S2. The van der Waals surface area contributed by atoms with E-state index < -0.39 is 9.84 Å². The SMILES string of the molecule is Cc1cc(C)n(CCN(C(=O)c2cccc(S(C)(=O)=O)c2)c2nc3c(C(C)C)cccc3s2)n1. The minimum Gasteiger partial charge on any atom is -0.282 e. The lowest BCUT2D eigenvalue weighted by Crippen LogP contribution is -2.34. The Morgan fingerprint density at radius 2 is 1.85 bits per heavy atom. The summed E-state index contributed by atoms with van der Waals surface area (Å²) >= 11 is 1.46. The van der Waals surface area contributed by atoms with Crippen LogP contribution in [0.25, 0.3) is 10.2 Å². The van der Waals surface area contributed by atoms with E-state index in [4.69, 9.17) is 4.98 Å². The molecule has 4 rings (SSSR count). The maximum atomic E-state index is 13.7. The molecule has 0 aliphatic carbocycles. The lowest BCUT2D eigenvalue weighted by Gasteiger charge is -2.20. The normalized spacial score (nSPS) is 11.9. The molecule has 34 heavy (non-hydrogen) atoms. The van der Waals surface area contributed by atoms with Gasteiger partial charge >= 0.3 is 0 Å². The Morgan fingerprint density at radius 1 is 1.12 bits per heavy atom. The number of carbonyl (C=O) groups is 1. The molecule has 1 amide bonds. The van der Waals surface area contributed by atoms with Crippen LogP contribution in [0.1, 0.15) is 47.1 Å². The topological polar surface area (TPSA) is 85.2 Å². The summed E-state index contributed by atoms with van der Waals surface area (Å²) in [5.41, 5.74) is 4.25. The van der Waals surface area contributed by atoms with Crippen LogP contribution >= 0.6 is 11.3 Å². The van der Waals surface area contributed by atoms with Crippen molar-refractivity contribution in [3.05, 3.63) is 71.0 Å². The summed E-state index contributed by atoms with van der Waals surface area (Å²) in [6.07, 6.45) is 1.14. The zero-order chi connectivity index (χ0) is 24.6. The van der Waals surface area contributed by atoms with Gasteiger partial charge in [0.2, 0.25) is 0 Å². The maximum Gasteiger partial charge on any atom is 0.260 e. The Bertz CT molecular complexity index is 1470. The summed E-state index contributed by atoms with van der Waals surface area (Å²) in [6, 6.07) is 14.2. The molecule has 0 N–H and O–H groups in total. The Balaban J connectivity index is 1.77. The molecule has 2 aromatic heterocycles. The monoisotopic (exact) mass is 496 g/mol. The molecule has 9 heteroatoms. The van der Waals surface area contributed by atoms with Crippen LogP contribution < -0.4 is 4.90 Å². The van der Waals surface area contributed by atoms with Gasteiger partial charge in [-0.15, -0.1) is 0 Å². The first kappa shape index (κ1) is 24.1. The van der Waals surface area contributed by atoms with E-state index >= 15 is 0 Å². The first-order valence-electron chi connectivity index (χ1n) is 11.1. The van der Waals surface area contributed by atoms with Crippen molar-refractivity contribution in [3.63, 3.8) is 0 Å². The quantitative estimate of drug-likeness (QED) is 0.360. The van der Waals surface area contributed by atoms with Crippen LogP contribution in [0.15, 0.2) is 53.4 Å². The van der Waals surface area contributed by atoms with Crippen LogP contribution in [0, 0.1) is 13.8 Å². The van der Waals surface area contributed by atoms with Crippen LogP contribution in [-0.4, -0.2) is 41.9 Å². The fourth-order valence-corrected chi connectivity index (χ4v) is 5.63. The minimum absolute atomic E-state index is 0.114. The molecule has 4 aromatic rings. The number of nitrogens with zero attached hydrogens (tertiary/aromatic N) is 4. The summed E-state index contributed by atoms with van der Waals surface area (Å²) in [6.45, 7) is 9.00. The van der Waals surface area contributed by atoms with Crippen molar-refractivity contribution < 1.29 is 13.2 Å². The van der Waals surface area contributed by atoms with Crippen molar-refractivity contribution in [2.24, 2.45) is 0 Å². The second-order valence-electron chi connectivity index (χ2n) is 8.75. The molecule has 0 saturated heterocycles. The zero-order valence-electron chi connectivity index (χ0n) is 19.9. The largest absolute Gasteiger partial charge is 0.282 e. The summed E-state index contributed by atoms with van der Waals surface area (Å²) in [4.78, 5) is 20.3. The van der Waals surface area contributed by atoms with Crippen LogP contribution in [0.5, 0.6) is 0 Å². The van der Waals surface area contributed by atoms with Gasteiger partial charge in [-0.1, -0.05) is 43.4 Å². The Kier molecular flexibility index (Phi) is 6.60. The number of benzene rings is 2. The number of hydrogen-bond acceptors (Lipinski definition) is 6. The smallest absolute Gasteiger partial charge is 0.260 e. The van der Waals surface area contributed by atoms with E-state index in [0.717, 1.165) is 33.4 Å². The highest BCUT2D eigenvalue weighted by Gasteiger charge is 2.24. The van der Waals surface area contributed by atoms with Gasteiger partial charge in [-0.3, -0.25) is 14.4 Å². The van der Waals surface area contributed by atoms with E-state index in [2.05, 4.69) is 25.0 Å². The lowest BCUT2D eigenvalue weighted by atomic mass is 10.0. The number of anilines is 1. The summed E-state index contributed by atoms with van der Waals surface area (Å²) in [5, 5.41) is 5.10. The second-order valence-corrected chi connectivity index (χ2v) is 11.8. The third-order valence-electron chi connectivity index (χ3n) is 5.68. The highest BCUT2D eigenvalue weighted by molar-refractivity contribution is 7.90. The van der Waals surface area contributed by atoms with E-state index in [9.17, 15) is 13.2 Å². The fraction of sp³-hybridized carbons (Fsp3) is 0.320. The van der Waals surface area contributed by atoms with Crippen LogP contribution in [0.3, 0.4) is 0 Å². The van der Waals surface area contributed by atoms with E-state index in [1.807, 2.05) is 36.7 Å². The number of amides is 1. The third-order valence-corrected chi connectivity index (χ3v) is 7.84. The number of aromatic nitrogens is 3. The molecule has 0 spiro atoms. The summed E-state index contributed by atoms with van der Waals surface area (Å²) in [7, 11) is -3.44. The van der Waals surface area contributed by atoms with Crippen molar-refractivity contribution in [2.75, 3.05) is 17.7 Å². The van der Waals surface area contributed by atoms with Crippen molar-refractivity contribution in [3.8, 4) is 0 Å². The molecule has 178 valence electrons. The molecule has 0 bridgehead atoms. The molecule has 0 fully saturated rings. The van der Waals surface area contributed by atoms with Gasteiger partial charge in [0.25, 0.3) is 5.91 Å². The summed E-state index contributed by atoms with van der Waals surface area (Å²) < 4.78 is 27.0. The number of aryl methyl sites for hydroxylation is 2. The Hall–Kier alpha value is -3.04. The molecule has 0 unspecified atom stereocenters. The first-order chi connectivity index (χ1) is 16.0. The molecule has 2 heterocycles. The van der Waals surface area contributed by atoms with E-state index in [1.54, 1.807) is 17.0 Å². The Morgan fingerprint density at radius 3 is 2.50 bits per heavy atom. The van der Waals surface area contributed by atoms with Crippen molar-refractivity contribution in [1.82, 2.24) is 14.8 Å². The lowest BCUT2D eigenvalue weighted by molar-refractivity contribution is 0.0985. The average Bonchev–Trinajstić information content (AvgIpc) is 3.35. The number of hydrogen-bond donors (Lipinski definition) is 0. The van der Waals surface area contributed by atoms with Gasteiger partial charge in [0.1, 0.15) is 0 Å². The van der Waals surface area contributed by atoms with Crippen LogP contribution in [-0.2, 0) is 16.4 Å². The standard InChI is InChI=1S/C25H28N4O3S2/c1-16(2)21-10-7-11-22-23(21)26-25(33-22)28(12-13-29-18(4)14-17(3)27-29)24(30)19-8-6-9-20(15-19)34(5,31)32/h6-11,14-16H,12-13H2,1-5H3. The zero-order valence-corrected chi connectivity index (χ0v) is 21.6. The van der Waals surface area contributed by atoms with Gasteiger partial charge in [0, 0.05) is 24.1 Å². The van der Waals surface area contributed by atoms with Crippen molar-refractivity contribution in [2.45, 2.75) is 45.1 Å². The molecular weight excluding hydrogens is 468 g/mol. The van der Waals surface area contributed by atoms with E-state index in [-0.39, 0.29) is 10.8 Å². The molecule has 7 nitrogen and oxygen atoms in total. The molecule has 0 aliphatic rings. The first-order valence-corrected chi connectivity index (χ1v) is 13.8. The average molecular weight is 497 g/mol. The van der Waals surface area contributed by atoms with E-state index in [0.29, 0.717) is 29.7 Å². The third kappa shape index (κ3) is 4.90. The molecule has 0 atom stereocenters. The molecule has 0 aliphatic heterocycles.